The number of rotatable bonds is 5. The lowest BCUT2D eigenvalue weighted by molar-refractivity contribution is 0.0928. The van der Waals surface area contributed by atoms with Crippen molar-refractivity contribution in [1.82, 2.24) is 15.1 Å². The van der Waals surface area contributed by atoms with Crippen LogP contribution in [0.5, 0.6) is 0 Å². The number of nitrogens with zero attached hydrogens (tertiary/aromatic N) is 2. The number of carbonyl (C=O) groups excluding carboxylic acids is 1. The standard InChI is InChI=1S/C14H24N4OS/c1-4-18-13(12(15)9(3)17-18)14(19)16-10-6-7-11(8-10)20-5-2/h10-11H,4-8,15H2,1-3H3,(H,16,19). The van der Waals surface area contributed by atoms with Gasteiger partial charge in [-0.25, -0.2) is 0 Å². The first-order valence-corrected chi connectivity index (χ1v) is 8.37. The Morgan fingerprint density at radius 3 is 2.90 bits per heavy atom. The fourth-order valence-corrected chi connectivity index (χ4v) is 3.92. The first-order valence-electron chi connectivity index (χ1n) is 7.32. The van der Waals surface area contributed by atoms with E-state index in [1.165, 1.54) is 6.42 Å². The van der Waals surface area contributed by atoms with Gasteiger partial charge in [-0.1, -0.05) is 6.92 Å². The minimum Gasteiger partial charge on any atom is -0.395 e. The molecule has 5 nitrogen and oxygen atoms in total. The number of nitrogen functional groups attached to an aromatic ring is 1. The van der Waals surface area contributed by atoms with Gasteiger partial charge < -0.3 is 11.1 Å². The van der Waals surface area contributed by atoms with Crippen LogP contribution in [0, 0.1) is 6.92 Å². The van der Waals surface area contributed by atoms with E-state index in [4.69, 9.17) is 5.73 Å². The fraction of sp³-hybridized carbons (Fsp3) is 0.714. The van der Waals surface area contributed by atoms with E-state index in [1.54, 1.807) is 4.68 Å². The van der Waals surface area contributed by atoms with Crippen LogP contribution < -0.4 is 11.1 Å². The van der Waals surface area contributed by atoms with Gasteiger partial charge in [-0.3, -0.25) is 9.48 Å². The van der Waals surface area contributed by atoms with Crippen molar-refractivity contribution in [3.63, 3.8) is 0 Å². The Morgan fingerprint density at radius 1 is 1.50 bits per heavy atom. The smallest absolute Gasteiger partial charge is 0.271 e. The van der Waals surface area contributed by atoms with Crippen molar-refractivity contribution in [2.45, 2.75) is 57.9 Å². The summed E-state index contributed by atoms with van der Waals surface area (Å²) in [5, 5.41) is 8.10. The molecule has 2 unspecified atom stereocenters. The average molecular weight is 296 g/mol. The van der Waals surface area contributed by atoms with Crippen molar-refractivity contribution < 1.29 is 4.79 Å². The predicted octanol–water partition coefficient (Wildman–Crippen LogP) is 2.20. The van der Waals surface area contributed by atoms with Gasteiger partial charge in [-0.05, 0) is 38.9 Å². The second-order valence-electron chi connectivity index (χ2n) is 5.22. The highest BCUT2D eigenvalue weighted by Gasteiger charge is 2.28. The molecule has 1 aromatic heterocycles. The lowest BCUT2D eigenvalue weighted by Gasteiger charge is -2.14. The van der Waals surface area contributed by atoms with Gasteiger partial charge in [0.15, 0.2) is 0 Å². The molecule has 1 aromatic rings. The maximum Gasteiger partial charge on any atom is 0.271 e. The van der Waals surface area contributed by atoms with Crippen LogP contribution in [0.4, 0.5) is 5.69 Å². The lowest BCUT2D eigenvalue weighted by Crippen LogP contribution is -2.35. The molecule has 2 rings (SSSR count). The number of nitrogens with one attached hydrogen (secondary N) is 1. The number of amides is 1. The van der Waals surface area contributed by atoms with Gasteiger partial charge in [-0.15, -0.1) is 0 Å². The maximum atomic E-state index is 12.4. The molecule has 3 N–H and O–H groups in total. The van der Waals surface area contributed by atoms with Crippen molar-refractivity contribution in [1.29, 1.82) is 0 Å². The van der Waals surface area contributed by atoms with Crippen molar-refractivity contribution in [3.05, 3.63) is 11.4 Å². The van der Waals surface area contributed by atoms with Crippen LogP contribution in [-0.2, 0) is 6.54 Å². The van der Waals surface area contributed by atoms with Crippen LogP contribution in [0.25, 0.3) is 0 Å². The first-order chi connectivity index (χ1) is 9.56. The summed E-state index contributed by atoms with van der Waals surface area (Å²) in [6.45, 7) is 6.63. The van der Waals surface area contributed by atoms with E-state index in [1.807, 2.05) is 25.6 Å². The zero-order valence-electron chi connectivity index (χ0n) is 12.5. The minimum absolute atomic E-state index is 0.0860. The molecule has 0 spiro atoms. The van der Waals surface area contributed by atoms with Crippen molar-refractivity contribution >= 4 is 23.4 Å². The Balaban J connectivity index is 2.02. The summed E-state index contributed by atoms with van der Waals surface area (Å²) in [4.78, 5) is 12.4. The molecule has 6 heteroatoms. The molecule has 112 valence electrons. The third-order valence-corrected chi connectivity index (χ3v) is 5.04. The molecule has 0 aromatic carbocycles. The van der Waals surface area contributed by atoms with Gasteiger partial charge in [0.05, 0.1) is 11.4 Å². The van der Waals surface area contributed by atoms with Gasteiger partial charge in [0, 0.05) is 17.8 Å². The zero-order valence-corrected chi connectivity index (χ0v) is 13.3. The topological polar surface area (TPSA) is 72.9 Å². The van der Waals surface area contributed by atoms with Gasteiger partial charge in [0.1, 0.15) is 5.69 Å². The number of aromatic nitrogens is 2. The largest absolute Gasteiger partial charge is 0.395 e. The molecule has 0 saturated heterocycles. The summed E-state index contributed by atoms with van der Waals surface area (Å²) in [5.74, 6) is 1.05. The van der Waals surface area contributed by atoms with Crippen molar-refractivity contribution in [2.75, 3.05) is 11.5 Å². The summed E-state index contributed by atoms with van der Waals surface area (Å²) in [7, 11) is 0. The number of nitrogens with two attached hydrogens (primary N) is 1. The van der Waals surface area contributed by atoms with Crippen LogP contribution in [0.3, 0.4) is 0 Å². The molecule has 0 bridgehead atoms. The predicted molar refractivity (Wildman–Crippen MR) is 84.1 cm³/mol. The quantitative estimate of drug-likeness (QED) is 0.873. The fourth-order valence-electron chi connectivity index (χ4n) is 2.78. The molecule has 2 atom stereocenters. The Labute approximate surface area is 124 Å². The molecular formula is C14H24N4OS. The molecule has 1 aliphatic carbocycles. The summed E-state index contributed by atoms with van der Waals surface area (Å²) in [6.07, 6.45) is 3.30. The average Bonchev–Trinajstić information content (AvgIpc) is 2.96. The highest BCUT2D eigenvalue weighted by atomic mass is 32.2. The van der Waals surface area contributed by atoms with Crippen molar-refractivity contribution in [2.24, 2.45) is 0 Å². The van der Waals surface area contributed by atoms with Crippen LogP contribution >= 0.6 is 11.8 Å². The van der Waals surface area contributed by atoms with Crippen molar-refractivity contribution in [3.8, 4) is 0 Å². The van der Waals surface area contributed by atoms with E-state index < -0.39 is 0 Å². The highest BCUT2D eigenvalue weighted by molar-refractivity contribution is 7.99. The van der Waals surface area contributed by atoms with E-state index in [9.17, 15) is 4.79 Å². The van der Waals surface area contributed by atoms with E-state index in [2.05, 4.69) is 17.3 Å². The Morgan fingerprint density at radius 2 is 2.25 bits per heavy atom. The summed E-state index contributed by atoms with van der Waals surface area (Å²) >= 11 is 1.99. The monoisotopic (exact) mass is 296 g/mol. The lowest BCUT2D eigenvalue weighted by atomic mass is 10.2. The summed E-state index contributed by atoms with van der Waals surface area (Å²) in [5.41, 5.74) is 7.72. The van der Waals surface area contributed by atoms with Gasteiger partial charge in [0.25, 0.3) is 5.91 Å². The van der Waals surface area contributed by atoms with Crippen LogP contribution in [0.2, 0.25) is 0 Å². The third kappa shape index (κ3) is 3.11. The zero-order chi connectivity index (χ0) is 14.7. The van der Waals surface area contributed by atoms with Crippen LogP contribution in [0.15, 0.2) is 0 Å². The summed E-state index contributed by atoms with van der Waals surface area (Å²) < 4.78 is 1.69. The SMILES string of the molecule is CCSC1CCC(NC(=O)c2c(N)c(C)nn2CC)C1. The van der Waals surface area contributed by atoms with Gasteiger partial charge in [0.2, 0.25) is 0 Å². The molecular weight excluding hydrogens is 272 g/mol. The normalized spacial score (nSPS) is 22.1. The Hall–Kier alpha value is -1.17. The van der Waals surface area contributed by atoms with Gasteiger partial charge in [-0.2, -0.15) is 16.9 Å². The summed E-state index contributed by atoms with van der Waals surface area (Å²) in [6, 6.07) is 0.270. The molecule has 0 aliphatic heterocycles. The number of hydrogen-bond donors (Lipinski definition) is 2. The van der Waals surface area contributed by atoms with Gasteiger partial charge >= 0.3 is 0 Å². The number of thioether (sulfide) groups is 1. The van der Waals surface area contributed by atoms with Crippen LogP contribution in [0.1, 0.15) is 49.3 Å². The van der Waals surface area contributed by atoms with E-state index in [-0.39, 0.29) is 11.9 Å². The second-order valence-corrected chi connectivity index (χ2v) is 6.80. The molecule has 20 heavy (non-hydrogen) atoms. The number of carbonyl (C=O) groups is 1. The third-order valence-electron chi connectivity index (χ3n) is 3.81. The van der Waals surface area contributed by atoms with E-state index >= 15 is 0 Å². The molecule has 1 heterocycles. The molecule has 1 aliphatic rings. The highest BCUT2D eigenvalue weighted by Crippen LogP contribution is 2.30. The Bertz CT molecular complexity index is 486. The Kier molecular flexibility index (Phi) is 4.96. The molecule has 0 radical (unpaired) electrons. The minimum atomic E-state index is -0.0860. The van der Waals surface area contributed by atoms with E-state index in [0.717, 1.165) is 24.3 Å². The maximum absolute atomic E-state index is 12.4. The molecule has 1 fully saturated rings. The molecule has 1 saturated carbocycles. The first kappa shape index (κ1) is 15.2. The molecule has 1 amide bonds. The number of hydrogen-bond acceptors (Lipinski definition) is 4. The van der Waals surface area contributed by atoms with Crippen LogP contribution in [-0.4, -0.2) is 32.7 Å². The number of aryl methyl sites for hydroxylation is 2. The number of anilines is 1. The van der Waals surface area contributed by atoms with E-state index in [0.29, 0.717) is 23.2 Å². The second kappa shape index (κ2) is 6.52.